The number of benzene rings is 3. The second kappa shape index (κ2) is 11.4. The van der Waals surface area contributed by atoms with Crippen molar-refractivity contribution < 1.29 is 18.0 Å². The molecule has 2 N–H and O–H groups in total. The van der Waals surface area contributed by atoms with Gasteiger partial charge < -0.3 is 10.6 Å². The first-order valence-electron chi connectivity index (χ1n) is 11.9. The van der Waals surface area contributed by atoms with Crippen molar-refractivity contribution in [3.05, 3.63) is 89.0 Å². The highest BCUT2D eigenvalue weighted by Gasteiger charge is 2.28. The van der Waals surface area contributed by atoms with E-state index in [2.05, 4.69) is 10.6 Å². The molecule has 0 fully saturated rings. The van der Waals surface area contributed by atoms with E-state index in [0.717, 1.165) is 27.4 Å². The summed E-state index contributed by atoms with van der Waals surface area (Å²) in [6.07, 6.45) is 0.766. The van der Waals surface area contributed by atoms with Gasteiger partial charge in [0, 0.05) is 6.04 Å². The van der Waals surface area contributed by atoms with Gasteiger partial charge in [-0.05, 0) is 70.0 Å². The predicted molar refractivity (Wildman–Crippen MR) is 144 cm³/mol. The Morgan fingerprint density at radius 2 is 1.56 bits per heavy atom. The molecule has 0 aromatic heterocycles. The van der Waals surface area contributed by atoms with Gasteiger partial charge in [0.15, 0.2) is 0 Å². The Kier molecular flexibility index (Phi) is 8.53. The maximum Gasteiger partial charge on any atom is 0.264 e. The van der Waals surface area contributed by atoms with E-state index < -0.39 is 22.5 Å². The van der Waals surface area contributed by atoms with E-state index in [0.29, 0.717) is 16.9 Å². The van der Waals surface area contributed by atoms with Crippen molar-refractivity contribution in [2.45, 2.75) is 52.0 Å². The molecule has 0 spiro atoms. The molecule has 3 rings (SSSR count). The molecule has 0 aliphatic carbocycles. The van der Waals surface area contributed by atoms with Crippen molar-refractivity contribution in [3.63, 3.8) is 0 Å². The first kappa shape index (κ1) is 26.9. The smallest absolute Gasteiger partial charge is 0.264 e. The van der Waals surface area contributed by atoms with Gasteiger partial charge in [-0.2, -0.15) is 0 Å². The zero-order chi connectivity index (χ0) is 26.5. The standard InChI is InChI=1S/C28H33N3O4S/c1-6-22(5)29-28(33)24-9-7-8-10-25(24)30-27(32)18-31(26-16-13-20(3)17-21(26)4)36(34,35)23-14-11-19(2)12-15-23/h7-17,22H,6,18H2,1-5H3,(H,29,33)(H,30,32). The summed E-state index contributed by atoms with van der Waals surface area (Å²) in [5.41, 5.74) is 3.68. The number of hydrogen-bond donors (Lipinski definition) is 2. The molecule has 0 saturated heterocycles. The van der Waals surface area contributed by atoms with Crippen LogP contribution in [0.1, 0.15) is 47.3 Å². The van der Waals surface area contributed by atoms with Crippen LogP contribution < -0.4 is 14.9 Å². The molecule has 0 aliphatic rings. The van der Waals surface area contributed by atoms with Crippen molar-refractivity contribution >= 4 is 33.2 Å². The fraction of sp³-hybridized carbons (Fsp3) is 0.286. The normalized spacial score (nSPS) is 12.0. The number of hydrogen-bond acceptors (Lipinski definition) is 4. The minimum Gasteiger partial charge on any atom is -0.350 e. The third kappa shape index (κ3) is 6.31. The zero-order valence-corrected chi connectivity index (χ0v) is 22.1. The Bertz CT molecular complexity index is 1350. The molecular formula is C28H33N3O4S. The molecule has 2 amide bonds. The van der Waals surface area contributed by atoms with Crippen LogP contribution in [0, 0.1) is 20.8 Å². The van der Waals surface area contributed by atoms with Gasteiger partial charge in [-0.3, -0.25) is 13.9 Å². The fourth-order valence-corrected chi connectivity index (χ4v) is 5.22. The summed E-state index contributed by atoms with van der Waals surface area (Å²) in [7, 11) is -4.05. The number of sulfonamides is 1. The summed E-state index contributed by atoms with van der Waals surface area (Å²) >= 11 is 0. The van der Waals surface area contributed by atoms with Gasteiger partial charge in [-0.15, -0.1) is 0 Å². The second-order valence-electron chi connectivity index (χ2n) is 8.99. The molecule has 0 radical (unpaired) electrons. The molecule has 7 nitrogen and oxygen atoms in total. The highest BCUT2D eigenvalue weighted by Crippen LogP contribution is 2.28. The molecule has 1 atom stereocenters. The lowest BCUT2D eigenvalue weighted by Gasteiger charge is -2.26. The quantitative estimate of drug-likeness (QED) is 0.427. The van der Waals surface area contributed by atoms with E-state index >= 15 is 0 Å². The fourth-order valence-electron chi connectivity index (χ4n) is 3.74. The van der Waals surface area contributed by atoms with Gasteiger partial charge in [-0.1, -0.05) is 54.4 Å². The van der Waals surface area contributed by atoms with Gasteiger partial charge in [0.2, 0.25) is 5.91 Å². The topological polar surface area (TPSA) is 95.6 Å². The Balaban J connectivity index is 1.95. The molecule has 3 aromatic carbocycles. The summed E-state index contributed by atoms with van der Waals surface area (Å²) in [6, 6.07) is 18.5. The number of carbonyl (C=O) groups is 2. The number of rotatable bonds is 9. The van der Waals surface area contributed by atoms with Crippen LogP contribution in [0.25, 0.3) is 0 Å². The third-order valence-corrected chi connectivity index (χ3v) is 7.73. The lowest BCUT2D eigenvalue weighted by atomic mass is 10.1. The number of anilines is 2. The van der Waals surface area contributed by atoms with Crippen molar-refractivity contribution in [3.8, 4) is 0 Å². The average molecular weight is 508 g/mol. The maximum absolute atomic E-state index is 13.7. The van der Waals surface area contributed by atoms with Gasteiger partial charge in [0.05, 0.1) is 21.8 Å². The lowest BCUT2D eigenvalue weighted by molar-refractivity contribution is -0.114. The number of aryl methyl sites for hydroxylation is 3. The van der Waals surface area contributed by atoms with Crippen molar-refractivity contribution in [2.24, 2.45) is 0 Å². The summed E-state index contributed by atoms with van der Waals surface area (Å²) in [4.78, 5) is 26.0. The summed E-state index contributed by atoms with van der Waals surface area (Å²) < 4.78 is 28.5. The average Bonchev–Trinajstić information content (AvgIpc) is 2.83. The molecule has 0 heterocycles. The van der Waals surface area contributed by atoms with E-state index in [1.165, 1.54) is 12.1 Å². The van der Waals surface area contributed by atoms with E-state index in [1.807, 2.05) is 46.8 Å². The number of nitrogens with one attached hydrogen (secondary N) is 2. The van der Waals surface area contributed by atoms with Gasteiger partial charge >= 0.3 is 0 Å². The van der Waals surface area contributed by atoms with Gasteiger partial charge in [0.1, 0.15) is 6.54 Å². The van der Waals surface area contributed by atoms with E-state index in [1.54, 1.807) is 42.5 Å². The van der Waals surface area contributed by atoms with E-state index in [9.17, 15) is 18.0 Å². The van der Waals surface area contributed by atoms with Crippen LogP contribution in [0.2, 0.25) is 0 Å². The molecule has 1 unspecified atom stereocenters. The number of amides is 2. The Hall–Kier alpha value is -3.65. The van der Waals surface area contributed by atoms with Crippen molar-refractivity contribution in [1.29, 1.82) is 0 Å². The minimum absolute atomic E-state index is 0.0269. The van der Waals surface area contributed by atoms with Crippen LogP contribution in [0.3, 0.4) is 0 Å². The molecule has 36 heavy (non-hydrogen) atoms. The summed E-state index contributed by atoms with van der Waals surface area (Å²) in [6.45, 7) is 9.02. The van der Waals surface area contributed by atoms with Crippen LogP contribution in [-0.4, -0.2) is 32.8 Å². The Morgan fingerprint density at radius 1 is 0.917 bits per heavy atom. The van der Waals surface area contributed by atoms with Crippen LogP contribution >= 0.6 is 0 Å². The zero-order valence-electron chi connectivity index (χ0n) is 21.3. The van der Waals surface area contributed by atoms with Crippen LogP contribution in [-0.2, 0) is 14.8 Å². The Labute approximate surface area is 213 Å². The van der Waals surface area contributed by atoms with Gasteiger partial charge in [-0.25, -0.2) is 8.42 Å². The molecule has 190 valence electrons. The van der Waals surface area contributed by atoms with E-state index in [4.69, 9.17) is 0 Å². The van der Waals surface area contributed by atoms with Crippen LogP contribution in [0.15, 0.2) is 71.6 Å². The van der Waals surface area contributed by atoms with Gasteiger partial charge in [0.25, 0.3) is 15.9 Å². The summed E-state index contributed by atoms with van der Waals surface area (Å²) in [5, 5.41) is 5.63. The SMILES string of the molecule is CCC(C)NC(=O)c1ccccc1NC(=O)CN(c1ccc(C)cc1C)S(=O)(=O)c1ccc(C)cc1. The molecular weight excluding hydrogens is 474 g/mol. The lowest BCUT2D eigenvalue weighted by Crippen LogP contribution is -2.39. The molecule has 0 saturated carbocycles. The van der Waals surface area contributed by atoms with Crippen LogP contribution in [0.5, 0.6) is 0 Å². The molecule has 0 bridgehead atoms. The van der Waals surface area contributed by atoms with E-state index in [-0.39, 0.29) is 16.8 Å². The molecule has 8 heteroatoms. The molecule has 0 aliphatic heterocycles. The largest absolute Gasteiger partial charge is 0.350 e. The third-order valence-electron chi connectivity index (χ3n) is 5.95. The Morgan fingerprint density at radius 3 is 2.19 bits per heavy atom. The number of para-hydroxylation sites is 1. The first-order chi connectivity index (χ1) is 17.0. The monoisotopic (exact) mass is 507 g/mol. The minimum atomic E-state index is -4.05. The number of carbonyl (C=O) groups excluding carboxylic acids is 2. The maximum atomic E-state index is 13.7. The highest BCUT2D eigenvalue weighted by molar-refractivity contribution is 7.92. The second-order valence-corrected chi connectivity index (χ2v) is 10.9. The first-order valence-corrected chi connectivity index (χ1v) is 13.3. The predicted octanol–water partition coefficient (Wildman–Crippen LogP) is 4.97. The van der Waals surface area contributed by atoms with Crippen LogP contribution in [0.4, 0.5) is 11.4 Å². The highest BCUT2D eigenvalue weighted by atomic mass is 32.2. The number of nitrogens with zero attached hydrogens (tertiary/aromatic N) is 1. The van der Waals surface area contributed by atoms with Crippen molar-refractivity contribution in [1.82, 2.24) is 5.32 Å². The molecule has 3 aromatic rings. The summed E-state index contributed by atoms with van der Waals surface area (Å²) in [5.74, 6) is -0.867. The van der Waals surface area contributed by atoms with Crippen molar-refractivity contribution in [2.75, 3.05) is 16.2 Å².